The SMILES string of the molecule is COc1cc(CCCNCCC2(O)CCc3cc(F)ccc3C2C(C)C)ccc1SC.Cl. The number of aliphatic hydroxyl groups is 1. The zero-order chi connectivity index (χ0) is 22.4. The minimum absolute atomic E-state index is 0. The van der Waals surface area contributed by atoms with E-state index in [9.17, 15) is 9.50 Å². The Morgan fingerprint density at radius 3 is 2.69 bits per heavy atom. The Hall–Kier alpha value is -1.27. The van der Waals surface area contributed by atoms with Crippen LogP contribution >= 0.6 is 24.2 Å². The van der Waals surface area contributed by atoms with E-state index in [4.69, 9.17) is 4.74 Å². The smallest absolute Gasteiger partial charge is 0.132 e. The van der Waals surface area contributed by atoms with Crippen LogP contribution in [-0.4, -0.2) is 37.2 Å². The molecular weight excluding hydrogens is 445 g/mol. The third kappa shape index (κ3) is 6.40. The zero-order valence-corrected chi connectivity index (χ0v) is 21.3. The van der Waals surface area contributed by atoms with Gasteiger partial charge in [-0.15, -0.1) is 24.2 Å². The van der Waals surface area contributed by atoms with E-state index in [1.54, 1.807) is 24.9 Å². The van der Waals surface area contributed by atoms with E-state index in [2.05, 4.69) is 43.6 Å². The molecule has 0 spiro atoms. The summed E-state index contributed by atoms with van der Waals surface area (Å²) in [4.78, 5) is 1.16. The first-order chi connectivity index (χ1) is 14.9. The molecule has 0 heterocycles. The Balaban J connectivity index is 0.00000363. The number of nitrogens with one attached hydrogen (secondary N) is 1. The van der Waals surface area contributed by atoms with Gasteiger partial charge in [-0.25, -0.2) is 4.39 Å². The lowest BCUT2D eigenvalue weighted by molar-refractivity contribution is -0.0241. The molecule has 2 atom stereocenters. The molecule has 0 amide bonds. The van der Waals surface area contributed by atoms with Crippen molar-refractivity contribution >= 4 is 24.2 Å². The van der Waals surface area contributed by atoms with Crippen LogP contribution in [0.25, 0.3) is 0 Å². The highest BCUT2D eigenvalue weighted by atomic mass is 35.5. The van der Waals surface area contributed by atoms with E-state index < -0.39 is 5.60 Å². The van der Waals surface area contributed by atoms with Crippen LogP contribution in [0.15, 0.2) is 41.3 Å². The zero-order valence-electron chi connectivity index (χ0n) is 19.6. The van der Waals surface area contributed by atoms with Gasteiger partial charge >= 0.3 is 0 Å². The molecular formula is C26H37ClFNO2S. The second kappa shape index (κ2) is 12.3. The van der Waals surface area contributed by atoms with E-state index in [0.29, 0.717) is 18.8 Å². The van der Waals surface area contributed by atoms with Crippen molar-refractivity contribution in [3.8, 4) is 5.75 Å². The summed E-state index contributed by atoms with van der Waals surface area (Å²) in [7, 11) is 1.72. The lowest BCUT2D eigenvalue weighted by atomic mass is 9.66. The van der Waals surface area contributed by atoms with Gasteiger partial charge in [0.2, 0.25) is 0 Å². The number of benzene rings is 2. The Labute approximate surface area is 202 Å². The maximum Gasteiger partial charge on any atom is 0.132 e. The quantitative estimate of drug-likeness (QED) is 0.322. The molecule has 0 fully saturated rings. The summed E-state index contributed by atoms with van der Waals surface area (Å²) in [6.45, 7) is 6.00. The number of halogens is 2. The molecule has 0 aliphatic heterocycles. The van der Waals surface area contributed by atoms with Crippen molar-refractivity contribution in [2.45, 2.75) is 62.4 Å². The predicted molar refractivity (Wildman–Crippen MR) is 135 cm³/mol. The van der Waals surface area contributed by atoms with E-state index in [1.165, 1.54) is 11.6 Å². The van der Waals surface area contributed by atoms with E-state index >= 15 is 0 Å². The molecule has 0 radical (unpaired) electrons. The van der Waals surface area contributed by atoms with Gasteiger partial charge in [0.05, 0.1) is 12.7 Å². The highest BCUT2D eigenvalue weighted by Gasteiger charge is 2.42. The molecule has 0 bridgehead atoms. The summed E-state index contributed by atoms with van der Waals surface area (Å²) in [5.74, 6) is 1.10. The van der Waals surface area contributed by atoms with Crippen molar-refractivity contribution < 1.29 is 14.2 Å². The van der Waals surface area contributed by atoms with Crippen molar-refractivity contribution in [1.82, 2.24) is 5.32 Å². The van der Waals surface area contributed by atoms with Crippen molar-refractivity contribution in [2.75, 3.05) is 26.5 Å². The molecule has 0 saturated heterocycles. The summed E-state index contributed by atoms with van der Waals surface area (Å²) in [5.41, 5.74) is 2.71. The first-order valence-electron chi connectivity index (χ1n) is 11.3. The number of thioether (sulfide) groups is 1. The lowest BCUT2D eigenvalue weighted by Gasteiger charge is -2.44. The number of hydrogen-bond donors (Lipinski definition) is 2. The summed E-state index contributed by atoms with van der Waals surface area (Å²) >= 11 is 1.70. The molecule has 0 aromatic heterocycles. The van der Waals surface area contributed by atoms with Gasteiger partial charge in [0.25, 0.3) is 0 Å². The van der Waals surface area contributed by atoms with Gasteiger partial charge in [0.1, 0.15) is 11.6 Å². The highest BCUT2D eigenvalue weighted by molar-refractivity contribution is 7.98. The Morgan fingerprint density at radius 1 is 1.22 bits per heavy atom. The summed E-state index contributed by atoms with van der Waals surface area (Å²) in [6.07, 6.45) is 6.23. The van der Waals surface area contributed by atoms with Crippen LogP contribution in [0.2, 0.25) is 0 Å². The second-order valence-electron chi connectivity index (χ2n) is 8.96. The van der Waals surface area contributed by atoms with Crippen LogP contribution in [0.3, 0.4) is 0 Å². The van der Waals surface area contributed by atoms with Crippen molar-refractivity contribution in [2.24, 2.45) is 5.92 Å². The van der Waals surface area contributed by atoms with Crippen LogP contribution in [0.1, 0.15) is 55.7 Å². The van der Waals surface area contributed by atoms with E-state index in [-0.39, 0.29) is 24.1 Å². The molecule has 1 aliphatic carbocycles. The average molecular weight is 482 g/mol. The van der Waals surface area contributed by atoms with Gasteiger partial charge in [-0.1, -0.05) is 26.0 Å². The summed E-state index contributed by atoms with van der Waals surface area (Å²) < 4.78 is 19.1. The van der Waals surface area contributed by atoms with E-state index in [0.717, 1.165) is 54.1 Å². The predicted octanol–water partition coefficient (Wildman–Crippen LogP) is 6.01. The van der Waals surface area contributed by atoms with Gasteiger partial charge in [0.15, 0.2) is 0 Å². The third-order valence-electron chi connectivity index (χ3n) is 6.51. The second-order valence-corrected chi connectivity index (χ2v) is 9.81. The molecule has 3 nitrogen and oxygen atoms in total. The summed E-state index contributed by atoms with van der Waals surface area (Å²) in [6, 6.07) is 11.5. The van der Waals surface area contributed by atoms with Gasteiger partial charge in [0, 0.05) is 10.8 Å². The van der Waals surface area contributed by atoms with Gasteiger partial charge in [-0.2, -0.15) is 0 Å². The molecule has 2 aromatic carbocycles. The topological polar surface area (TPSA) is 41.5 Å². The van der Waals surface area contributed by atoms with Crippen molar-refractivity contribution in [3.63, 3.8) is 0 Å². The highest BCUT2D eigenvalue weighted by Crippen LogP contribution is 2.45. The number of aryl methyl sites for hydroxylation is 2. The fourth-order valence-electron chi connectivity index (χ4n) is 5.03. The Morgan fingerprint density at radius 2 is 2.00 bits per heavy atom. The fourth-order valence-corrected chi connectivity index (χ4v) is 5.58. The standard InChI is InChI=1S/C26H36FNO2S.ClH/c1-18(2)25-22-9-8-21(27)17-20(22)11-12-26(25,29)13-15-28-14-5-6-19-7-10-24(31-4)23(16-19)30-3;/h7-10,16-18,25,28-29H,5-6,11-15H2,1-4H3;1H. The first kappa shape index (κ1) is 27.0. The average Bonchev–Trinajstić information content (AvgIpc) is 2.75. The fraction of sp³-hybridized carbons (Fsp3) is 0.538. The van der Waals surface area contributed by atoms with E-state index in [1.807, 2.05) is 6.07 Å². The van der Waals surface area contributed by atoms with Crippen LogP contribution < -0.4 is 10.1 Å². The van der Waals surface area contributed by atoms with Crippen LogP contribution in [0.4, 0.5) is 4.39 Å². The van der Waals surface area contributed by atoms with Crippen LogP contribution in [0, 0.1) is 11.7 Å². The number of rotatable bonds is 10. The molecule has 178 valence electrons. The monoisotopic (exact) mass is 481 g/mol. The maximum atomic E-state index is 13.7. The molecule has 32 heavy (non-hydrogen) atoms. The van der Waals surface area contributed by atoms with Gasteiger partial charge in [-0.3, -0.25) is 0 Å². The first-order valence-corrected chi connectivity index (χ1v) is 12.5. The van der Waals surface area contributed by atoms with Gasteiger partial charge < -0.3 is 15.2 Å². The molecule has 2 aromatic rings. The summed E-state index contributed by atoms with van der Waals surface area (Å²) in [5, 5.41) is 15.0. The molecule has 2 unspecified atom stereocenters. The molecule has 6 heteroatoms. The minimum Gasteiger partial charge on any atom is -0.496 e. The third-order valence-corrected chi connectivity index (χ3v) is 7.29. The lowest BCUT2D eigenvalue weighted by Crippen LogP contribution is -2.45. The number of methoxy groups -OCH3 is 1. The molecule has 3 rings (SSSR count). The number of hydrogen-bond acceptors (Lipinski definition) is 4. The molecule has 2 N–H and O–H groups in total. The molecule has 1 aliphatic rings. The van der Waals surface area contributed by atoms with Crippen LogP contribution in [0.5, 0.6) is 5.75 Å². The van der Waals surface area contributed by atoms with Crippen molar-refractivity contribution in [3.05, 3.63) is 58.9 Å². The Bertz CT molecular complexity index is 879. The largest absolute Gasteiger partial charge is 0.496 e. The minimum atomic E-state index is -0.743. The Kier molecular flexibility index (Phi) is 10.3. The molecule has 0 saturated carbocycles. The van der Waals surface area contributed by atoms with Gasteiger partial charge in [-0.05, 0) is 98.3 Å². The number of fused-ring (bicyclic) bond motifs is 1. The number of ether oxygens (including phenoxy) is 1. The normalized spacial score (nSPS) is 20.0. The van der Waals surface area contributed by atoms with Crippen molar-refractivity contribution in [1.29, 1.82) is 0 Å². The maximum absolute atomic E-state index is 13.7. The van der Waals surface area contributed by atoms with Crippen LogP contribution in [-0.2, 0) is 12.8 Å².